The number of hydrogen-bond acceptors (Lipinski definition) is 2. The molecule has 0 unspecified atom stereocenters. The molecule has 0 saturated heterocycles. The molecule has 0 aromatic heterocycles. The molecule has 2 nitrogen and oxygen atoms in total. The number of carbonyl (C=O) groups excluding carboxylic acids is 1. The van der Waals surface area contributed by atoms with E-state index in [1.54, 1.807) is 0 Å². The highest BCUT2D eigenvalue weighted by atomic mass is 19.2. The van der Waals surface area contributed by atoms with E-state index >= 15 is 0 Å². The van der Waals surface area contributed by atoms with E-state index in [1.807, 2.05) is 0 Å². The third-order valence-electron chi connectivity index (χ3n) is 2.32. The van der Waals surface area contributed by atoms with Crippen LogP contribution >= 0.6 is 0 Å². The zero-order valence-corrected chi connectivity index (χ0v) is 8.00. The van der Waals surface area contributed by atoms with Crippen LogP contribution in [0.3, 0.4) is 0 Å². The molecule has 1 aliphatic carbocycles. The molecule has 0 aliphatic heterocycles. The fourth-order valence-electron chi connectivity index (χ4n) is 1.27. The Labute approximate surface area is 85.9 Å². The zero-order chi connectivity index (χ0) is 10.8. The van der Waals surface area contributed by atoms with Crippen molar-refractivity contribution < 1.29 is 18.3 Å². The second-order valence-electron chi connectivity index (χ2n) is 3.58. The predicted molar refractivity (Wildman–Crippen MR) is 49.6 cm³/mol. The fourth-order valence-corrected chi connectivity index (χ4v) is 1.27. The highest BCUT2D eigenvalue weighted by Gasteiger charge is 2.29. The Hall–Kier alpha value is -1.45. The van der Waals surface area contributed by atoms with Crippen molar-refractivity contribution in [2.45, 2.75) is 12.8 Å². The fraction of sp³-hybridized carbons (Fsp3) is 0.364. The van der Waals surface area contributed by atoms with Gasteiger partial charge in [0.05, 0.1) is 0 Å². The van der Waals surface area contributed by atoms with E-state index in [4.69, 9.17) is 4.74 Å². The lowest BCUT2D eigenvalue weighted by Crippen LogP contribution is -2.13. The van der Waals surface area contributed by atoms with E-state index in [-0.39, 0.29) is 24.1 Å². The Balaban J connectivity index is 1.98. The van der Waals surface area contributed by atoms with Gasteiger partial charge in [0.2, 0.25) is 5.82 Å². The topological polar surface area (TPSA) is 26.3 Å². The van der Waals surface area contributed by atoms with E-state index in [1.165, 1.54) is 12.1 Å². The molecule has 0 N–H and O–H groups in total. The smallest absolute Gasteiger partial charge is 0.200 e. The molecule has 15 heavy (non-hydrogen) atoms. The molecule has 0 bridgehead atoms. The Kier molecular flexibility index (Phi) is 2.66. The molecule has 2 rings (SSSR count). The summed E-state index contributed by atoms with van der Waals surface area (Å²) in [5, 5.41) is 0. The van der Waals surface area contributed by atoms with Gasteiger partial charge in [-0.3, -0.25) is 4.79 Å². The van der Waals surface area contributed by atoms with Crippen molar-refractivity contribution in [3.8, 4) is 5.75 Å². The molecule has 1 aromatic carbocycles. The lowest BCUT2D eigenvalue weighted by Gasteiger charge is -2.05. The van der Waals surface area contributed by atoms with Crippen molar-refractivity contribution in [1.82, 2.24) is 0 Å². The number of carbonyl (C=O) groups is 1. The molecule has 0 heterocycles. The van der Waals surface area contributed by atoms with Crippen LogP contribution in [0.4, 0.5) is 8.78 Å². The molecule has 1 fully saturated rings. The summed E-state index contributed by atoms with van der Waals surface area (Å²) < 4.78 is 30.7. The largest absolute Gasteiger partial charge is 0.483 e. The summed E-state index contributed by atoms with van der Waals surface area (Å²) >= 11 is 0. The van der Waals surface area contributed by atoms with E-state index in [2.05, 4.69) is 0 Å². The molecule has 4 heteroatoms. The zero-order valence-electron chi connectivity index (χ0n) is 8.00. The molecule has 1 saturated carbocycles. The Morgan fingerprint density at radius 2 is 2.13 bits per heavy atom. The summed E-state index contributed by atoms with van der Waals surface area (Å²) in [6, 6.07) is 3.65. The summed E-state index contributed by atoms with van der Waals surface area (Å²) in [7, 11) is 0. The first-order chi connectivity index (χ1) is 7.18. The van der Waals surface area contributed by atoms with Gasteiger partial charge in [0, 0.05) is 5.92 Å². The first-order valence-corrected chi connectivity index (χ1v) is 4.78. The molecule has 1 aromatic rings. The summed E-state index contributed by atoms with van der Waals surface area (Å²) in [5.74, 6) is -2.18. The number of ketones is 1. The maximum atomic E-state index is 13.1. The van der Waals surface area contributed by atoms with E-state index < -0.39 is 11.6 Å². The van der Waals surface area contributed by atoms with Gasteiger partial charge < -0.3 is 4.74 Å². The Morgan fingerprint density at radius 1 is 1.40 bits per heavy atom. The second kappa shape index (κ2) is 3.96. The molecule has 1 aliphatic rings. The van der Waals surface area contributed by atoms with Crippen molar-refractivity contribution in [2.75, 3.05) is 6.61 Å². The van der Waals surface area contributed by atoms with Crippen molar-refractivity contribution in [2.24, 2.45) is 5.92 Å². The highest BCUT2D eigenvalue weighted by Crippen LogP contribution is 2.30. The minimum absolute atomic E-state index is 0.0429. The lowest BCUT2D eigenvalue weighted by atomic mass is 10.3. The van der Waals surface area contributed by atoms with Crippen molar-refractivity contribution in [1.29, 1.82) is 0 Å². The van der Waals surface area contributed by atoms with Crippen LogP contribution in [-0.2, 0) is 4.79 Å². The average Bonchev–Trinajstić information content (AvgIpc) is 3.03. The molecule has 0 radical (unpaired) electrons. The van der Waals surface area contributed by atoms with Crippen LogP contribution in [0.15, 0.2) is 18.2 Å². The first-order valence-electron chi connectivity index (χ1n) is 4.78. The molecular weight excluding hydrogens is 202 g/mol. The first kappa shape index (κ1) is 10.1. The number of rotatable bonds is 4. The average molecular weight is 212 g/mol. The Bertz CT molecular complexity index is 386. The van der Waals surface area contributed by atoms with Crippen molar-refractivity contribution in [3.05, 3.63) is 29.8 Å². The van der Waals surface area contributed by atoms with Crippen molar-refractivity contribution in [3.63, 3.8) is 0 Å². The molecule has 0 spiro atoms. The van der Waals surface area contributed by atoms with Gasteiger partial charge in [-0.1, -0.05) is 6.07 Å². The predicted octanol–water partition coefficient (Wildman–Crippen LogP) is 2.32. The summed E-state index contributed by atoms with van der Waals surface area (Å²) in [5.41, 5.74) is 0. The second-order valence-corrected chi connectivity index (χ2v) is 3.58. The summed E-state index contributed by atoms with van der Waals surface area (Å²) in [6.45, 7) is -0.176. The minimum Gasteiger partial charge on any atom is -0.483 e. The maximum absolute atomic E-state index is 13.1. The molecule has 0 atom stereocenters. The van der Waals surface area contributed by atoms with E-state index in [0.29, 0.717) is 0 Å². The van der Waals surface area contributed by atoms with Gasteiger partial charge in [-0.2, -0.15) is 4.39 Å². The van der Waals surface area contributed by atoms with Crippen LogP contribution < -0.4 is 4.74 Å². The normalized spacial score (nSPS) is 15.1. The van der Waals surface area contributed by atoms with Gasteiger partial charge in [0.25, 0.3) is 0 Å². The highest BCUT2D eigenvalue weighted by molar-refractivity contribution is 5.84. The number of hydrogen-bond donors (Lipinski definition) is 0. The van der Waals surface area contributed by atoms with Crippen LogP contribution in [0.25, 0.3) is 0 Å². The van der Waals surface area contributed by atoms with Crippen molar-refractivity contribution >= 4 is 5.78 Å². The molecular formula is C11H10F2O2. The summed E-state index contributed by atoms with van der Waals surface area (Å²) in [4.78, 5) is 11.2. The molecule has 0 amide bonds. The van der Waals surface area contributed by atoms with Crippen LogP contribution in [-0.4, -0.2) is 12.4 Å². The van der Waals surface area contributed by atoms with Gasteiger partial charge in [-0.05, 0) is 25.0 Å². The van der Waals surface area contributed by atoms with Gasteiger partial charge in [-0.25, -0.2) is 4.39 Å². The quantitative estimate of drug-likeness (QED) is 0.765. The van der Waals surface area contributed by atoms with Crippen LogP contribution in [0.5, 0.6) is 5.75 Å². The number of ether oxygens (including phenoxy) is 1. The van der Waals surface area contributed by atoms with Crippen LogP contribution in [0.1, 0.15) is 12.8 Å². The monoisotopic (exact) mass is 212 g/mol. The van der Waals surface area contributed by atoms with Gasteiger partial charge in [-0.15, -0.1) is 0 Å². The molecule has 80 valence electrons. The third-order valence-corrected chi connectivity index (χ3v) is 2.32. The minimum atomic E-state index is -1.04. The van der Waals surface area contributed by atoms with Crippen LogP contribution in [0.2, 0.25) is 0 Å². The standard InChI is InChI=1S/C11H10F2O2/c12-8-2-1-3-10(11(8)13)15-6-9(14)7-4-5-7/h1-3,7H,4-6H2. The number of benzene rings is 1. The maximum Gasteiger partial charge on any atom is 0.200 e. The van der Waals surface area contributed by atoms with Gasteiger partial charge in [0.15, 0.2) is 17.3 Å². The summed E-state index contributed by atoms with van der Waals surface area (Å²) in [6.07, 6.45) is 1.77. The SMILES string of the molecule is O=C(COc1cccc(F)c1F)C1CC1. The Morgan fingerprint density at radius 3 is 2.80 bits per heavy atom. The van der Waals surface area contributed by atoms with Gasteiger partial charge in [0.1, 0.15) is 6.61 Å². The van der Waals surface area contributed by atoms with Crippen LogP contribution in [0, 0.1) is 17.6 Å². The van der Waals surface area contributed by atoms with E-state index in [0.717, 1.165) is 18.9 Å². The van der Waals surface area contributed by atoms with Gasteiger partial charge >= 0.3 is 0 Å². The number of halogens is 2. The lowest BCUT2D eigenvalue weighted by molar-refractivity contribution is -0.122. The third kappa shape index (κ3) is 2.32. The van der Waals surface area contributed by atoms with E-state index in [9.17, 15) is 13.6 Å². The number of Topliss-reactive ketones (excluding diaryl/α,β-unsaturated/α-hetero) is 1.